The van der Waals surface area contributed by atoms with Gasteiger partial charge in [-0.3, -0.25) is 14.6 Å². The highest BCUT2D eigenvalue weighted by atomic mass is 19.1. The van der Waals surface area contributed by atoms with E-state index < -0.39 is 0 Å². The van der Waals surface area contributed by atoms with E-state index in [1.807, 2.05) is 6.92 Å². The number of likely N-dealkylation sites (N-methyl/N-ethyl adjacent to an activating group) is 1. The molecule has 1 aliphatic rings. The van der Waals surface area contributed by atoms with Gasteiger partial charge in [-0.25, -0.2) is 8.78 Å². The van der Waals surface area contributed by atoms with Gasteiger partial charge in [0, 0.05) is 32.7 Å². The summed E-state index contributed by atoms with van der Waals surface area (Å²) in [4.78, 5) is 16.2. The van der Waals surface area contributed by atoms with Gasteiger partial charge in [0.25, 0.3) is 0 Å². The lowest BCUT2D eigenvalue weighted by atomic mass is 9.96. The number of hydrogen-bond donors (Lipinski definition) is 1. The predicted octanol–water partition coefficient (Wildman–Crippen LogP) is 2.81. The Bertz CT molecular complexity index is 696. The summed E-state index contributed by atoms with van der Waals surface area (Å²) >= 11 is 0. The number of carbonyl (C=O) groups excluding carboxylic acids is 1. The first-order valence-corrected chi connectivity index (χ1v) is 9.31. The molecule has 0 spiro atoms. The number of hydrogen-bond acceptors (Lipinski definition) is 3. The van der Waals surface area contributed by atoms with Crippen molar-refractivity contribution in [2.24, 2.45) is 0 Å². The molecule has 4 nitrogen and oxygen atoms in total. The van der Waals surface area contributed by atoms with Crippen LogP contribution in [0.25, 0.3) is 0 Å². The van der Waals surface area contributed by atoms with Gasteiger partial charge in [0.1, 0.15) is 11.6 Å². The summed E-state index contributed by atoms with van der Waals surface area (Å²) in [7, 11) is 0. The Morgan fingerprint density at radius 1 is 0.926 bits per heavy atom. The van der Waals surface area contributed by atoms with Crippen LogP contribution in [0.3, 0.4) is 0 Å². The second kappa shape index (κ2) is 9.06. The molecule has 1 N–H and O–H groups in total. The van der Waals surface area contributed by atoms with Gasteiger partial charge in [-0.2, -0.15) is 0 Å². The van der Waals surface area contributed by atoms with Crippen molar-refractivity contribution in [3.63, 3.8) is 0 Å². The zero-order valence-electron chi connectivity index (χ0n) is 15.5. The Balaban J connectivity index is 1.75. The van der Waals surface area contributed by atoms with Gasteiger partial charge < -0.3 is 5.32 Å². The molecule has 0 saturated carbocycles. The largest absolute Gasteiger partial charge is 0.355 e. The van der Waals surface area contributed by atoms with Crippen LogP contribution in [0.5, 0.6) is 0 Å². The second-order valence-corrected chi connectivity index (χ2v) is 6.77. The maximum absolute atomic E-state index is 13.4. The molecule has 0 bridgehead atoms. The number of amides is 1. The number of piperazine rings is 1. The Kier molecular flexibility index (Phi) is 6.53. The van der Waals surface area contributed by atoms with Crippen LogP contribution >= 0.6 is 0 Å². The van der Waals surface area contributed by atoms with Crippen LogP contribution in [0.1, 0.15) is 24.1 Å². The summed E-state index contributed by atoms with van der Waals surface area (Å²) in [5.41, 5.74) is 1.94. The highest BCUT2D eigenvalue weighted by Gasteiger charge is 2.27. The van der Waals surface area contributed by atoms with E-state index in [-0.39, 0.29) is 23.6 Å². The number of carbonyl (C=O) groups is 1. The summed E-state index contributed by atoms with van der Waals surface area (Å²) < 4.78 is 26.8. The maximum Gasteiger partial charge on any atom is 0.234 e. The van der Waals surface area contributed by atoms with E-state index >= 15 is 0 Å². The molecule has 3 rings (SSSR count). The van der Waals surface area contributed by atoms with Gasteiger partial charge in [0.15, 0.2) is 0 Å². The van der Waals surface area contributed by atoms with Crippen LogP contribution in [0.15, 0.2) is 48.5 Å². The third-order valence-electron chi connectivity index (χ3n) is 4.88. The second-order valence-electron chi connectivity index (χ2n) is 6.77. The first kappa shape index (κ1) is 19.5. The Morgan fingerprint density at radius 3 is 1.85 bits per heavy atom. The molecule has 0 atom stereocenters. The Morgan fingerprint density at radius 2 is 1.41 bits per heavy atom. The predicted molar refractivity (Wildman–Crippen MR) is 101 cm³/mol. The molecule has 27 heavy (non-hydrogen) atoms. The molecular formula is C21H25F2N3O. The lowest BCUT2D eigenvalue weighted by Crippen LogP contribution is -2.50. The van der Waals surface area contributed by atoms with Crippen molar-refractivity contribution in [1.82, 2.24) is 15.1 Å². The van der Waals surface area contributed by atoms with E-state index in [4.69, 9.17) is 0 Å². The molecule has 0 aliphatic carbocycles. The maximum atomic E-state index is 13.4. The summed E-state index contributed by atoms with van der Waals surface area (Å²) in [5, 5.41) is 2.82. The number of halogens is 2. The van der Waals surface area contributed by atoms with Gasteiger partial charge in [0.2, 0.25) is 5.91 Å². The summed E-state index contributed by atoms with van der Waals surface area (Å²) in [6.45, 7) is 6.05. The molecule has 0 unspecified atom stereocenters. The molecule has 1 aliphatic heterocycles. The fourth-order valence-electron chi connectivity index (χ4n) is 3.54. The minimum absolute atomic E-state index is 0.0413. The van der Waals surface area contributed by atoms with E-state index in [1.54, 1.807) is 24.3 Å². The molecule has 0 aromatic heterocycles. The zero-order valence-corrected chi connectivity index (χ0v) is 15.5. The fraction of sp³-hybridized carbons (Fsp3) is 0.381. The minimum atomic E-state index is -0.275. The molecule has 1 heterocycles. The van der Waals surface area contributed by atoms with Crippen molar-refractivity contribution in [3.05, 3.63) is 71.3 Å². The summed E-state index contributed by atoms with van der Waals surface area (Å²) in [6.07, 6.45) is 0. The first-order valence-electron chi connectivity index (χ1n) is 9.31. The zero-order chi connectivity index (χ0) is 19.2. The highest BCUT2D eigenvalue weighted by Crippen LogP contribution is 2.30. The van der Waals surface area contributed by atoms with Crippen molar-refractivity contribution >= 4 is 5.91 Å². The number of rotatable bonds is 6. The average molecular weight is 373 g/mol. The first-order chi connectivity index (χ1) is 13.1. The van der Waals surface area contributed by atoms with Crippen molar-refractivity contribution in [2.75, 3.05) is 39.3 Å². The topological polar surface area (TPSA) is 35.6 Å². The number of nitrogens with zero attached hydrogens (tertiary/aromatic N) is 2. The third kappa shape index (κ3) is 5.11. The summed E-state index contributed by atoms with van der Waals surface area (Å²) in [5.74, 6) is -0.508. The standard InChI is InChI=1S/C21H25F2N3O/c1-2-24-20(27)15-25-11-13-26(14-12-25)21(16-3-7-18(22)8-4-16)17-5-9-19(23)10-6-17/h3-10,21H,2,11-15H2,1H3,(H,24,27). The molecule has 2 aromatic carbocycles. The van der Waals surface area contributed by atoms with Crippen LogP contribution in [0.2, 0.25) is 0 Å². The lowest BCUT2D eigenvalue weighted by Gasteiger charge is -2.39. The van der Waals surface area contributed by atoms with E-state index in [2.05, 4.69) is 15.1 Å². The van der Waals surface area contributed by atoms with Crippen LogP contribution in [0.4, 0.5) is 8.78 Å². The number of benzene rings is 2. The van der Waals surface area contributed by atoms with Crippen LogP contribution in [0, 0.1) is 11.6 Å². The van der Waals surface area contributed by atoms with E-state index in [9.17, 15) is 13.6 Å². The fourth-order valence-corrected chi connectivity index (χ4v) is 3.54. The molecule has 1 saturated heterocycles. The number of nitrogens with one attached hydrogen (secondary N) is 1. The van der Waals surface area contributed by atoms with Crippen molar-refractivity contribution in [1.29, 1.82) is 0 Å². The van der Waals surface area contributed by atoms with Crippen molar-refractivity contribution < 1.29 is 13.6 Å². The molecular weight excluding hydrogens is 348 g/mol. The van der Waals surface area contributed by atoms with Crippen molar-refractivity contribution in [2.45, 2.75) is 13.0 Å². The molecule has 1 fully saturated rings. The highest BCUT2D eigenvalue weighted by molar-refractivity contribution is 5.77. The van der Waals surface area contributed by atoms with Gasteiger partial charge in [0.05, 0.1) is 12.6 Å². The van der Waals surface area contributed by atoms with Crippen LogP contribution in [-0.4, -0.2) is 55.0 Å². The normalized spacial score (nSPS) is 15.9. The van der Waals surface area contributed by atoms with Gasteiger partial charge in [-0.15, -0.1) is 0 Å². The van der Waals surface area contributed by atoms with Gasteiger partial charge >= 0.3 is 0 Å². The quantitative estimate of drug-likeness (QED) is 0.846. The smallest absolute Gasteiger partial charge is 0.234 e. The Labute approximate surface area is 158 Å². The van der Waals surface area contributed by atoms with Crippen molar-refractivity contribution in [3.8, 4) is 0 Å². The average Bonchev–Trinajstić information content (AvgIpc) is 2.66. The SMILES string of the molecule is CCNC(=O)CN1CCN(C(c2ccc(F)cc2)c2ccc(F)cc2)CC1. The van der Waals surface area contributed by atoms with E-state index in [0.717, 1.165) is 37.3 Å². The lowest BCUT2D eigenvalue weighted by molar-refractivity contribution is -0.122. The van der Waals surface area contributed by atoms with Gasteiger partial charge in [-0.05, 0) is 42.3 Å². The minimum Gasteiger partial charge on any atom is -0.355 e. The molecule has 2 aromatic rings. The van der Waals surface area contributed by atoms with Crippen LogP contribution < -0.4 is 5.32 Å². The van der Waals surface area contributed by atoms with E-state index in [0.29, 0.717) is 13.1 Å². The van der Waals surface area contributed by atoms with E-state index in [1.165, 1.54) is 24.3 Å². The third-order valence-corrected chi connectivity index (χ3v) is 4.88. The molecule has 1 amide bonds. The Hall–Kier alpha value is -2.31. The molecule has 0 radical (unpaired) electrons. The monoisotopic (exact) mass is 373 g/mol. The molecule has 144 valence electrons. The molecule has 6 heteroatoms. The van der Waals surface area contributed by atoms with Gasteiger partial charge in [-0.1, -0.05) is 24.3 Å². The van der Waals surface area contributed by atoms with Crippen LogP contribution in [-0.2, 0) is 4.79 Å². The summed E-state index contributed by atoms with van der Waals surface area (Å²) in [6, 6.07) is 12.9.